The SMILES string of the molecule is N[C@@H]1Cc2c3n(c4ccccc24)C(=O)C[C@H]2CCC[C@@H]1[C@@H]32.O=C(O)/C=C/C(=O)O. The van der Waals surface area contributed by atoms with Crippen LogP contribution in [0.1, 0.15) is 47.7 Å². The summed E-state index contributed by atoms with van der Waals surface area (Å²) >= 11 is 0. The lowest BCUT2D eigenvalue weighted by Crippen LogP contribution is -2.47. The molecule has 1 saturated carbocycles. The zero-order chi connectivity index (χ0) is 20.7. The number of nitrogens with zero attached hydrogens (tertiary/aromatic N) is 1. The van der Waals surface area contributed by atoms with E-state index < -0.39 is 11.9 Å². The van der Waals surface area contributed by atoms with Crippen molar-refractivity contribution >= 4 is 28.7 Å². The fourth-order valence-corrected chi connectivity index (χ4v) is 5.47. The number of aromatic nitrogens is 1. The van der Waals surface area contributed by atoms with Gasteiger partial charge in [-0.1, -0.05) is 24.6 Å². The van der Waals surface area contributed by atoms with Crippen LogP contribution in [0.2, 0.25) is 0 Å². The molecule has 0 radical (unpaired) electrons. The van der Waals surface area contributed by atoms with Crippen molar-refractivity contribution in [3.63, 3.8) is 0 Å². The maximum absolute atomic E-state index is 12.7. The second-order valence-electron chi connectivity index (χ2n) is 8.07. The molecule has 2 heterocycles. The highest BCUT2D eigenvalue weighted by Gasteiger charge is 2.48. The Kier molecular flexibility index (Phi) is 5.00. The molecule has 0 unspecified atom stereocenters. The van der Waals surface area contributed by atoms with E-state index in [0.29, 0.717) is 42.2 Å². The maximum atomic E-state index is 12.7. The summed E-state index contributed by atoms with van der Waals surface area (Å²) in [6, 6.07) is 8.63. The topological polar surface area (TPSA) is 123 Å². The van der Waals surface area contributed by atoms with Crippen molar-refractivity contribution in [1.29, 1.82) is 0 Å². The highest BCUT2D eigenvalue weighted by molar-refractivity contribution is 5.97. The number of hydrogen-bond donors (Lipinski definition) is 3. The molecule has 1 aliphatic heterocycles. The van der Waals surface area contributed by atoms with E-state index in [-0.39, 0.29) is 6.04 Å². The molecule has 0 amide bonds. The van der Waals surface area contributed by atoms with E-state index in [4.69, 9.17) is 15.9 Å². The maximum Gasteiger partial charge on any atom is 0.328 e. The smallest absolute Gasteiger partial charge is 0.328 e. The summed E-state index contributed by atoms with van der Waals surface area (Å²) in [5, 5.41) is 16.9. The Labute approximate surface area is 167 Å². The van der Waals surface area contributed by atoms with Crippen LogP contribution < -0.4 is 5.73 Å². The third-order valence-corrected chi connectivity index (χ3v) is 6.46. The first kappa shape index (κ1) is 19.4. The van der Waals surface area contributed by atoms with Crippen LogP contribution in [0.25, 0.3) is 10.9 Å². The fourth-order valence-electron chi connectivity index (χ4n) is 5.47. The van der Waals surface area contributed by atoms with Crippen molar-refractivity contribution in [3.8, 4) is 0 Å². The molecule has 29 heavy (non-hydrogen) atoms. The molecule has 7 heteroatoms. The van der Waals surface area contributed by atoms with Gasteiger partial charge in [-0.25, -0.2) is 9.59 Å². The van der Waals surface area contributed by atoms with Crippen molar-refractivity contribution in [1.82, 2.24) is 4.57 Å². The first-order chi connectivity index (χ1) is 13.9. The molecule has 7 nitrogen and oxygen atoms in total. The highest BCUT2D eigenvalue weighted by atomic mass is 16.4. The number of carboxylic acid groups (broad SMARTS) is 2. The summed E-state index contributed by atoms with van der Waals surface area (Å²) in [5.41, 5.74) is 10.3. The van der Waals surface area contributed by atoms with Crippen molar-refractivity contribution in [2.24, 2.45) is 17.6 Å². The predicted molar refractivity (Wildman–Crippen MR) is 107 cm³/mol. The van der Waals surface area contributed by atoms with Gasteiger partial charge in [-0.05, 0) is 42.7 Å². The second-order valence-corrected chi connectivity index (χ2v) is 8.07. The quantitative estimate of drug-likeness (QED) is 0.671. The van der Waals surface area contributed by atoms with E-state index in [0.717, 1.165) is 11.9 Å². The number of nitrogens with two attached hydrogens (primary N) is 1. The first-order valence-electron chi connectivity index (χ1n) is 9.93. The average molecular weight is 396 g/mol. The summed E-state index contributed by atoms with van der Waals surface area (Å²) in [5.74, 6) is -0.599. The molecule has 4 atom stereocenters. The molecule has 1 fully saturated rings. The van der Waals surface area contributed by atoms with Crippen molar-refractivity contribution < 1.29 is 24.6 Å². The Morgan fingerprint density at radius 2 is 1.76 bits per heavy atom. The molecule has 1 aromatic carbocycles. The van der Waals surface area contributed by atoms with E-state index >= 15 is 0 Å². The second kappa shape index (κ2) is 7.48. The minimum Gasteiger partial charge on any atom is -0.478 e. The molecule has 5 rings (SSSR count). The molecule has 3 aliphatic rings. The van der Waals surface area contributed by atoms with Gasteiger partial charge in [0.05, 0.1) is 5.52 Å². The number of fused-ring (bicyclic) bond motifs is 3. The number of hydrogen-bond acceptors (Lipinski definition) is 4. The normalized spacial score (nSPS) is 27.3. The molecule has 2 aliphatic carbocycles. The Bertz CT molecular complexity index is 1010. The molecule has 0 bridgehead atoms. The number of para-hydroxylation sites is 1. The van der Waals surface area contributed by atoms with Crippen LogP contribution in [0.5, 0.6) is 0 Å². The summed E-state index contributed by atoms with van der Waals surface area (Å²) < 4.78 is 2.04. The molecule has 4 N–H and O–H groups in total. The standard InChI is InChI=1S/C18H20N2O.C4H4O4/c19-14-9-13-11-5-1-2-7-15(11)20-16(21)8-10-4-3-6-12(14)17(10)18(13)20;5-3(6)1-2-4(7)8/h1-2,5,7,10,12,14,17H,3-4,6,8-9,19H2;1-2H,(H,5,6)(H,7,8)/b;2-1+/t10-,12+,14-,17+;/m1./s1. The Balaban J connectivity index is 0.000000221. The molecule has 1 aromatic heterocycles. The number of carboxylic acids is 2. The van der Waals surface area contributed by atoms with Crippen LogP contribution in [0.3, 0.4) is 0 Å². The minimum atomic E-state index is -1.26. The van der Waals surface area contributed by atoms with Crippen molar-refractivity contribution in [2.75, 3.05) is 0 Å². The van der Waals surface area contributed by atoms with E-state index in [1.54, 1.807) is 0 Å². The molecule has 2 aromatic rings. The van der Waals surface area contributed by atoms with Gasteiger partial charge >= 0.3 is 11.9 Å². The Morgan fingerprint density at radius 1 is 1.07 bits per heavy atom. The summed E-state index contributed by atoms with van der Waals surface area (Å²) in [6.07, 6.45) is 6.42. The van der Waals surface area contributed by atoms with Gasteiger partial charge in [-0.2, -0.15) is 0 Å². The van der Waals surface area contributed by atoms with E-state index in [1.807, 2.05) is 10.6 Å². The van der Waals surface area contributed by atoms with E-state index in [2.05, 4.69) is 18.2 Å². The Hall–Kier alpha value is -2.93. The van der Waals surface area contributed by atoms with Gasteiger partial charge in [0.25, 0.3) is 0 Å². The van der Waals surface area contributed by atoms with Gasteiger partial charge in [0.15, 0.2) is 0 Å². The average Bonchev–Trinajstić information content (AvgIpc) is 3.02. The van der Waals surface area contributed by atoms with Gasteiger partial charge < -0.3 is 15.9 Å². The molecule has 0 saturated heterocycles. The number of carbonyl (C=O) groups excluding carboxylic acids is 1. The lowest BCUT2D eigenvalue weighted by atomic mass is 9.61. The van der Waals surface area contributed by atoms with Crippen molar-refractivity contribution in [3.05, 3.63) is 47.7 Å². The zero-order valence-corrected chi connectivity index (χ0v) is 16.0. The monoisotopic (exact) mass is 396 g/mol. The van der Waals surface area contributed by atoms with Crippen LogP contribution >= 0.6 is 0 Å². The Morgan fingerprint density at radius 3 is 2.45 bits per heavy atom. The molecular formula is C22H24N2O5. The lowest BCUT2D eigenvalue weighted by Gasteiger charge is -2.47. The lowest BCUT2D eigenvalue weighted by molar-refractivity contribution is -0.134. The number of carbonyl (C=O) groups is 3. The third-order valence-electron chi connectivity index (χ3n) is 6.46. The van der Waals surface area contributed by atoms with Crippen LogP contribution in [0.4, 0.5) is 0 Å². The number of aliphatic carboxylic acids is 2. The van der Waals surface area contributed by atoms with Crippen LogP contribution in [-0.2, 0) is 16.0 Å². The summed E-state index contributed by atoms with van der Waals surface area (Å²) in [6.45, 7) is 0. The van der Waals surface area contributed by atoms with Gasteiger partial charge in [-0.15, -0.1) is 0 Å². The van der Waals surface area contributed by atoms with E-state index in [1.165, 1.54) is 35.9 Å². The van der Waals surface area contributed by atoms with Crippen LogP contribution in [0, 0.1) is 11.8 Å². The van der Waals surface area contributed by atoms with Crippen LogP contribution in [0.15, 0.2) is 36.4 Å². The van der Waals surface area contributed by atoms with Gasteiger partial charge in [0.2, 0.25) is 5.91 Å². The van der Waals surface area contributed by atoms with Gasteiger partial charge in [-0.3, -0.25) is 9.36 Å². The first-order valence-corrected chi connectivity index (χ1v) is 9.93. The van der Waals surface area contributed by atoms with Gasteiger partial charge in [0, 0.05) is 41.6 Å². The molecular weight excluding hydrogens is 372 g/mol. The molecule has 152 valence electrons. The predicted octanol–water partition coefficient (Wildman–Crippen LogP) is 2.78. The number of rotatable bonds is 2. The van der Waals surface area contributed by atoms with Crippen LogP contribution in [-0.4, -0.2) is 38.7 Å². The highest BCUT2D eigenvalue weighted by Crippen LogP contribution is 2.53. The zero-order valence-electron chi connectivity index (χ0n) is 16.0. The van der Waals surface area contributed by atoms with E-state index in [9.17, 15) is 14.4 Å². The minimum absolute atomic E-state index is 0.262. The fraction of sp³-hybridized carbons (Fsp3) is 0.409. The summed E-state index contributed by atoms with van der Waals surface area (Å²) in [7, 11) is 0. The molecule has 0 spiro atoms. The third kappa shape index (κ3) is 3.35. The summed E-state index contributed by atoms with van der Waals surface area (Å²) in [4.78, 5) is 31.8. The van der Waals surface area contributed by atoms with Gasteiger partial charge in [0.1, 0.15) is 0 Å². The number of benzene rings is 1. The van der Waals surface area contributed by atoms with Crippen molar-refractivity contribution in [2.45, 2.75) is 44.1 Å². The largest absolute Gasteiger partial charge is 0.478 e.